The molecule has 1 unspecified atom stereocenters. The Morgan fingerprint density at radius 1 is 1.03 bits per heavy atom. The molecule has 31 heavy (non-hydrogen) atoms. The summed E-state index contributed by atoms with van der Waals surface area (Å²) in [5.74, 6) is 1.43. The van der Waals surface area contributed by atoms with Crippen molar-refractivity contribution >= 4 is 22.5 Å². The van der Waals surface area contributed by atoms with E-state index in [2.05, 4.69) is 11.2 Å². The molecule has 1 amide bonds. The van der Waals surface area contributed by atoms with Crippen LogP contribution in [-0.2, 0) is 4.79 Å². The van der Waals surface area contributed by atoms with E-state index < -0.39 is 0 Å². The second kappa shape index (κ2) is 8.26. The van der Waals surface area contributed by atoms with Gasteiger partial charge in [0.25, 0.3) is 0 Å². The van der Waals surface area contributed by atoms with Gasteiger partial charge in [-0.2, -0.15) is 5.10 Å². The maximum Gasteiger partial charge on any atom is 0.240 e. The fourth-order valence-electron chi connectivity index (χ4n) is 4.10. The van der Waals surface area contributed by atoms with Crippen LogP contribution in [0.4, 0.5) is 0 Å². The first kappa shape index (κ1) is 20.7. The van der Waals surface area contributed by atoms with Crippen molar-refractivity contribution in [1.29, 1.82) is 0 Å². The molecule has 2 heterocycles. The Hall–Kier alpha value is -3.61. The smallest absolute Gasteiger partial charge is 0.240 e. The van der Waals surface area contributed by atoms with E-state index >= 15 is 0 Å². The van der Waals surface area contributed by atoms with Crippen LogP contribution in [0.2, 0.25) is 0 Å². The molecule has 0 fully saturated rings. The van der Waals surface area contributed by atoms with E-state index in [9.17, 15) is 4.79 Å². The van der Waals surface area contributed by atoms with Crippen LogP contribution in [0.5, 0.6) is 17.2 Å². The van der Waals surface area contributed by atoms with Crippen molar-refractivity contribution in [3.63, 3.8) is 0 Å². The first-order chi connectivity index (χ1) is 15.0. The molecular formula is C24H25N3O4. The van der Waals surface area contributed by atoms with Gasteiger partial charge in [0.15, 0.2) is 11.5 Å². The summed E-state index contributed by atoms with van der Waals surface area (Å²) in [6, 6.07) is 13.4. The summed E-state index contributed by atoms with van der Waals surface area (Å²) in [5.41, 5.74) is 4.37. The molecule has 0 bridgehead atoms. The highest BCUT2D eigenvalue weighted by Gasteiger charge is 2.35. The molecule has 1 aliphatic heterocycles. The third-order valence-electron chi connectivity index (χ3n) is 5.55. The highest BCUT2D eigenvalue weighted by molar-refractivity contribution is 6.05. The van der Waals surface area contributed by atoms with Gasteiger partial charge in [-0.25, -0.2) is 5.01 Å². The van der Waals surface area contributed by atoms with Crippen LogP contribution in [0, 0.1) is 6.92 Å². The minimum absolute atomic E-state index is 0.150. The number of benzene rings is 2. The van der Waals surface area contributed by atoms with Crippen molar-refractivity contribution < 1.29 is 19.0 Å². The van der Waals surface area contributed by atoms with Crippen LogP contribution in [0.15, 0.2) is 47.6 Å². The molecule has 0 saturated carbocycles. The number of hydrogen-bond donors (Lipinski definition) is 0. The fourth-order valence-corrected chi connectivity index (χ4v) is 4.10. The third kappa shape index (κ3) is 3.56. The number of carbonyl (C=O) groups excluding carboxylic acids is 1. The number of carbonyl (C=O) groups is 1. The number of pyridine rings is 1. The van der Waals surface area contributed by atoms with Gasteiger partial charge in [-0.3, -0.25) is 9.78 Å². The van der Waals surface area contributed by atoms with Crippen LogP contribution < -0.4 is 14.2 Å². The lowest BCUT2D eigenvalue weighted by Gasteiger charge is -2.24. The van der Waals surface area contributed by atoms with E-state index in [0.717, 1.165) is 33.4 Å². The molecule has 2 aromatic carbocycles. The zero-order chi connectivity index (χ0) is 22.1. The lowest BCUT2D eigenvalue weighted by atomic mass is 9.96. The van der Waals surface area contributed by atoms with Crippen LogP contribution >= 0.6 is 0 Å². The van der Waals surface area contributed by atoms with Crippen molar-refractivity contribution in [3.8, 4) is 17.2 Å². The molecule has 7 heteroatoms. The summed E-state index contributed by atoms with van der Waals surface area (Å²) < 4.78 is 16.6. The van der Waals surface area contributed by atoms with Crippen molar-refractivity contribution in [2.45, 2.75) is 26.3 Å². The minimum atomic E-state index is -0.326. The summed E-state index contributed by atoms with van der Waals surface area (Å²) in [4.78, 5) is 17.2. The van der Waals surface area contributed by atoms with E-state index in [4.69, 9.17) is 19.2 Å². The normalized spacial score (nSPS) is 15.7. The molecular weight excluding hydrogens is 394 g/mol. The average Bonchev–Trinajstić information content (AvgIpc) is 3.22. The van der Waals surface area contributed by atoms with Gasteiger partial charge in [-0.1, -0.05) is 18.2 Å². The molecule has 0 aliphatic carbocycles. The van der Waals surface area contributed by atoms with Crippen LogP contribution in [0.1, 0.15) is 36.2 Å². The van der Waals surface area contributed by atoms with Crippen LogP contribution in [0.25, 0.3) is 10.9 Å². The summed E-state index contributed by atoms with van der Waals surface area (Å²) in [6.07, 6.45) is 0.534. The van der Waals surface area contributed by atoms with Gasteiger partial charge >= 0.3 is 0 Å². The topological polar surface area (TPSA) is 73.3 Å². The molecule has 4 rings (SSSR count). The molecule has 0 radical (unpaired) electrons. The van der Waals surface area contributed by atoms with Gasteiger partial charge < -0.3 is 14.2 Å². The Bertz CT molecular complexity index is 1190. The van der Waals surface area contributed by atoms with Gasteiger partial charge in [-0.05, 0) is 31.2 Å². The number of amides is 1. The Labute approximate surface area is 181 Å². The molecule has 0 spiro atoms. The minimum Gasteiger partial charge on any atom is -0.493 e. The molecule has 3 aromatic rings. The predicted molar refractivity (Wildman–Crippen MR) is 119 cm³/mol. The third-order valence-corrected chi connectivity index (χ3v) is 5.55. The summed E-state index contributed by atoms with van der Waals surface area (Å²) in [6.45, 7) is 3.48. The standard InChI is InChI=1S/C24H25N3O4/c1-14-18(12-16-8-6-7-9-19(16)25-14)20-13-21(27(26-20)15(2)28)17-10-11-22(29-3)24(31-5)23(17)30-4/h6-12,21H,13H2,1-5H3. The Kier molecular flexibility index (Phi) is 5.50. The zero-order valence-electron chi connectivity index (χ0n) is 18.3. The van der Waals surface area contributed by atoms with Crippen molar-refractivity contribution in [1.82, 2.24) is 9.99 Å². The van der Waals surface area contributed by atoms with Crippen LogP contribution in [0.3, 0.4) is 0 Å². The lowest BCUT2D eigenvalue weighted by molar-refractivity contribution is -0.130. The average molecular weight is 419 g/mol. The second-order valence-electron chi connectivity index (χ2n) is 7.37. The number of aromatic nitrogens is 1. The Balaban J connectivity index is 1.80. The molecule has 1 atom stereocenters. The number of hydrogen-bond acceptors (Lipinski definition) is 6. The lowest BCUT2D eigenvalue weighted by Crippen LogP contribution is -2.24. The van der Waals surface area contributed by atoms with Gasteiger partial charge in [0.1, 0.15) is 0 Å². The van der Waals surface area contributed by atoms with E-state index in [1.54, 1.807) is 21.3 Å². The highest BCUT2D eigenvalue weighted by atomic mass is 16.5. The predicted octanol–water partition coefficient (Wildman–Crippen LogP) is 4.27. The quantitative estimate of drug-likeness (QED) is 0.618. The number of methoxy groups -OCH3 is 3. The van der Waals surface area contributed by atoms with E-state index in [0.29, 0.717) is 23.7 Å². The second-order valence-corrected chi connectivity index (χ2v) is 7.37. The molecule has 160 valence electrons. The highest BCUT2D eigenvalue weighted by Crippen LogP contribution is 2.46. The molecule has 1 aromatic heterocycles. The first-order valence-electron chi connectivity index (χ1n) is 10.0. The molecule has 7 nitrogen and oxygen atoms in total. The van der Waals surface area contributed by atoms with Crippen molar-refractivity contribution in [2.75, 3.05) is 21.3 Å². The van der Waals surface area contributed by atoms with Crippen molar-refractivity contribution in [3.05, 3.63) is 59.3 Å². The van der Waals surface area contributed by atoms with Gasteiger partial charge in [0, 0.05) is 35.6 Å². The molecule has 0 saturated heterocycles. The summed E-state index contributed by atoms with van der Waals surface area (Å²) >= 11 is 0. The maximum atomic E-state index is 12.5. The molecule has 1 aliphatic rings. The first-order valence-corrected chi connectivity index (χ1v) is 10.0. The summed E-state index contributed by atoms with van der Waals surface area (Å²) in [7, 11) is 4.71. The Morgan fingerprint density at radius 3 is 2.45 bits per heavy atom. The number of para-hydroxylation sites is 1. The Morgan fingerprint density at radius 2 is 1.77 bits per heavy atom. The number of fused-ring (bicyclic) bond motifs is 1. The number of ether oxygens (including phenoxy) is 3. The maximum absolute atomic E-state index is 12.5. The zero-order valence-corrected chi connectivity index (χ0v) is 18.3. The fraction of sp³-hybridized carbons (Fsp3) is 0.292. The van der Waals surface area contributed by atoms with Crippen molar-refractivity contribution in [2.24, 2.45) is 5.10 Å². The SMILES string of the molecule is COc1ccc(C2CC(c3cc4ccccc4nc3C)=NN2C(C)=O)c(OC)c1OC. The van der Waals surface area contributed by atoms with Gasteiger partial charge in [0.2, 0.25) is 11.7 Å². The summed E-state index contributed by atoms with van der Waals surface area (Å²) in [5, 5.41) is 7.23. The monoisotopic (exact) mass is 419 g/mol. The van der Waals surface area contributed by atoms with Gasteiger partial charge in [0.05, 0.1) is 38.6 Å². The number of hydrazone groups is 1. The number of rotatable bonds is 5. The van der Waals surface area contributed by atoms with E-state index in [-0.39, 0.29) is 11.9 Å². The van der Waals surface area contributed by atoms with E-state index in [1.807, 2.05) is 43.3 Å². The van der Waals surface area contributed by atoms with E-state index in [1.165, 1.54) is 11.9 Å². The van der Waals surface area contributed by atoms with Gasteiger partial charge in [-0.15, -0.1) is 0 Å². The number of aryl methyl sites for hydroxylation is 1. The number of nitrogens with zero attached hydrogens (tertiary/aromatic N) is 3. The van der Waals surface area contributed by atoms with Crippen LogP contribution in [-0.4, -0.2) is 42.9 Å². The molecule has 0 N–H and O–H groups in total. The largest absolute Gasteiger partial charge is 0.493 e.